The van der Waals surface area contributed by atoms with E-state index in [0.717, 1.165) is 47.3 Å². The Morgan fingerprint density at radius 3 is 2.41 bits per heavy atom. The highest BCUT2D eigenvalue weighted by molar-refractivity contribution is 5.44. The molecular weight excluding hydrogens is 402 g/mol. The van der Waals surface area contributed by atoms with Gasteiger partial charge in [-0.15, -0.1) is 0 Å². The molecule has 2 aromatic carbocycles. The molecule has 0 spiro atoms. The maximum atomic E-state index is 10.3. The van der Waals surface area contributed by atoms with Gasteiger partial charge in [-0.25, -0.2) is 4.68 Å². The Morgan fingerprint density at radius 1 is 1.09 bits per heavy atom. The van der Waals surface area contributed by atoms with Gasteiger partial charge in [-0.05, 0) is 68.5 Å². The number of aryl methyl sites for hydroxylation is 1. The lowest BCUT2D eigenvalue weighted by Crippen LogP contribution is -2.33. The molecule has 0 saturated heterocycles. The number of para-hydroxylation sites is 1. The lowest BCUT2D eigenvalue weighted by molar-refractivity contribution is 0.102. The van der Waals surface area contributed by atoms with Crippen LogP contribution in [0.5, 0.6) is 17.4 Å². The fourth-order valence-electron chi connectivity index (χ4n) is 3.84. The molecule has 1 aliphatic rings. The van der Waals surface area contributed by atoms with Crippen molar-refractivity contribution in [1.29, 1.82) is 0 Å². The normalized spacial score (nSPS) is 14.5. The number of aliphatic hydroxyl groups excluding tert-OH is 1. The molecule has 0 bridgehead atoms. The Morgan fingerprint density at radius 2 is 1.78 bits per heavy atom. The molecular formula is C26H33N3O3. The molecule has 3 aromatic rings. The minimum absolute atomic E-state index is 0.329. The molecule has 1 saturated carbocycles. The molecule has 0 aliphatic heterocycles. The Balaban J connectivity index is 1.68. The van der Waals surface area contributed by atoms with Gasteiger partial charge >= 0.3 is 0 Å². The Kier molecular flexibility index (Phi) is 7.12. The zero-order valence-corrected chi connectivity index (χ0v) is 19.2. The van der Waals surface area contributed by atoms with Crippen molar-refractivity contribution in [3.8, 4) is 23.1 Å². The molecule has 170 valence electrons. The number of nitrogens with zero attached hydrogens (tertiary/aromatic N) is 3. The van der Waals surface area contributed by atoms with Crippen LogP contribution in [0, 0.1) is 12.8 Å². The van der Waals surface area contributed by atoms with Crippen LogP contribution in [0.4, 0.5) is 0 Å². The van der Waals surface area contributed by atoms with Crippen LogP contribution in [0.15, 0.2) is 54.6 Å². The van der Waals surface area contributed by atoms with Crippen LogP contribution in [0.1, 0.15) is 37.4 Å². The molecule has 0 radical (unpaired) electrons. The molecule has 6 nitrogen and oxygen atoms in total. The van der Waals surface area contributed by atoms with Gasteiger partial charge in [0, 0.05) is 19.6 Å². The standard InChI is InChI=1S/C26H33N3O3/c1-4-22(30)17-28(16-20-10-11-20)18-25-19(2)27-29(21-8-6-5-7-9-21)26(25)32-24-14-12-23(31-3)13-15-24/h5-9,12-15,20,22,30H,4,10-11,16-18H2,1-3H3/t22-/m1/s1. The second-order valence-electron chi connectivity index (χ2n) is 8.59. The number of methoxy groups -OCH3 is 1. The van der Waals surface area contributed by atoms with Gasteiger partial charge in [0.15, 0.2) is 0 Å². The lowest BCUT2D eigenvalue weighted by Gasteiger charge is -2.25. The predicted molar refractivity (Wildman–Crippen MR) is 126 cm³/mol. The monoisotopic (exact) mass is 435 g/mol. The molecule has 32 heavy (non-hydrogen) atoms. The van der Waals surface area contributed by atoms with Gasteiger partial charge in [0.05, 0.1) is 30.2 Å². The van der Waals surface area contributed by atoms with Crippen molar-refractivity contribution in [3.63, 3.8) is 0 Å². The van der Waals surface area contributed by atoms with Gasteiger partial charge in [-0.3, -0.25) is 4.90 Å². The van der Waals surface area contributed by atoms with Crippen LogP contribution in [0.25, 0.3) is 5.69 Å². The number of benzene rings is 2. The molecule has 1 N–H and O–H groups in total. The van der Waals surface area contributed by atoms with Crippen LogP contribution < -0.4 is 9.47 Å². The zero-order valence-electron chi connectivity index (χ0n) is 19.2. The summed E-state index contributed by atoms with van der Waals surface area (Å²) in [5, 5.41) is 15.2. The molecule has 0 unspecified atom stereocenters. The number of aliphatic hydroxyl groups is 1. The van der Waals surface area contributed by atoms with E-state index in [1.165, 1.54) is 12.8 Å². The van der Waals surface area contributed by atoms with Gasteiger partial charge < -0.3 is 14.6 Å². The van der Waals surface area contributed by atoms with E-state index in [0.29, 0.717) is 19.0 Å². The Labute approximate surface area is 190 Å². The lowest BCUT2D eigenvalue weighted by atomic mass is 10.2. The van der Waals surface area contributed by atoms with Crippen LogP contribution in [-0.2, 0) is 6.54 Å². The zero-order chi connectivity index (χ0) is 22.5. The fourth-order valence-corrected chi connectivity index (χ4v) is 3.84. The molecule has 1 heterocycles. The number of ether oxygens (including phenoxy) is 2. The molecule has 0 amide bonds. The van der Waals surface area contributed by atoms with Crippen molar-refractivity contribution in [3.05, 3.63) is 65.9 Å². The first-order valence-corrected chi connectivity index (χ1v) is 11.4. The maximum Gasteiger partial charge on any atom is 0.227 e. The van der Waals surface area contributed by atoms with Crippen molar-refractivity contribution in [2.75, 3.05) is 20.2 Å². The minimum Gasteiger partial charge on any atom is -0.497 e. The van der Waals surface area contributed by atoms with E-state index < -0.39 is 0 Å². The summed E-state index contributed by atoms with van der Waals surface area (Å²) < 4.78 is 13.6. The van der Waals surface area contributed by atoms with Crippen molar-refractivity contribution in [2.45, 2.75) is 45.8 Å². The second kappa shape index (κ2) is 10.2. The number of rotatable bonds is 11. The van der Waals surface area contributed by atoms with Gasteiger partial charge in [-0.1, -0.05) is 25.1 Å². The van der Waals surface area contributed by atoms with Gasteiger partial charge in [0.1, 0.15) is 11.5 Å². The summed E-state index contributed by atoms with van der Waals surface area (Å²) in [5.41, 5.74) is 2.94. The van der Waals surface area contributed by atoms with Crippen LogP contribution in [-0.4, -0.2) is 46.1 Å². The van der Waals surface area contributed by atoms with E-state index in [2.05, 4.69) is 4.90 Å². The topological polar surface area (TPSA) is 59.8 Å². The summed E-state index contributed by atoms with van der Waals surface area (Å²) in [6.45, 7) is 6.40. The van der Waals surface area contributed by atoms with E-state index in [9.17, 15) is 5.11 Å². The van der Waals surface area contributed by atoms with Gasteiger partial charge in [0.25, 0.3) is 0 Å². The van der Waals surface area contributed by atoms with Crippen molar-refractivity contribution < 1.29 is 14.6 Å². The van der Waals surface area contributed by atoms with Crippen molar-refractivity contribution in [1.82, 2.24) is 14.7 Å². The largest absolute Gasteiger partial charge is 0.497 e. The smallest absolute Gasteiger partial charge is 0.227 e. The minimum atomic E-state index is -0.329. The molecule has 1 aromatic heterocycles. The van der Waals surface area contributed by atoms with E-state index in [1.54, 1.807) is 7.11 Å². The van der Waals surface area contributed by atoms with E-state index in [4.69, 9.17) is 14.6 Å². The van der Waals surface area contributed by atoms with E-state index >= 15 is 0 Å². The maximum absolute atomic E-state index is 10.3. The highest BCUT2D eigenvalue weighted by atomic mass is 16.5. The molecule has 4 rings (SSSR count). The van der Waals surface area contributed by atoms with Crippen molar-refractivity contribution >= 4 is 0 Å². The van der Waals surface area contributed by atoms with Crippen LogP contribution in [0.3, 0.4) is 0 Å². The Hall–Kier alpha value is -2.83. The summed E-state index contributed by atoms with van der Waals surface area (Å²) in [4.78, 5) is 2.35. The highest BCUT2D eigenvalue weighted by Crippen LogP contribution is 2.34. The first-order valence-electron chi connectivity index (χ1n) is 11.4. The summed E-state index contributed by atoms with van der Waals surface area (Å²) in [6, 6.07) is 17.6. The first kappa shape index (κ1) is 22.4. The first-order chi connectivity index (χ1) is 15.6. The quantitative estimate of drug-likeness (QED) is 0.461. The predicted octanol–water partition coefficient (Wildman–Crippen LogP) is 4.96. The van der Waals surface area contributed by atoms with Gasteiger partial charge in [-0.2, -0.15) is 5.10 Å². The van der Waals surface area contributed by atoms with E-state index in [-0.39, 0.29) is 6.10 Å². The number of aromatic nitrogens is 2. The molecule has 1 aliphatic carbocycles. The molecule has 1 fully saturated rings. The van der Waals surface area contributed by atoms with E-state index in [1.807, 2.05) is 73.1 Å². The van der Waals surface area contributed by atoms with Gasteiger partial charge in [0.2, 0.25) is 5.88 Å². The number of hydrogen-bond acceptors (Lipinski definition) is 5. The number of hydrogen-bond donors (Lipinski definition) is 1. The third-order valence-electron chi connectivity index (χ3n) is 5.95. The van der Waals surface area contributed by atoms with Crippen LogP contribution >= 0.6 is 0 Å². The average Bonchev–Trinajstić information content (AvgIpc) is 3.59. The fraction of sp³-hybridized carbons (Fsp3) is 0.423. The third-order valence-corrected chi connectivity index (χ3v) is 5.95. The summed E-state index contributed by atoms with van der Waals surface area (Å²) in [7, 11) is 1.65. The molecule has 1 atom stereocenters. The summed E-state index contributed by atoms with van der Waals surface area (Å²) in [5.74, 6) is 2.96. The Bertz CT molecular complexity index is 997. The average molecular weight is 436 g/mol. The molecule has 6 heteroatoms. The summed E-state index contributed by atoms with van der Waals surface area (Å²) >= 11 is 0. The third kappa shape index (κ3) is 5.50. The summed E-state index contributed by atoms with van der Waals surface area (Å²) in [6.07, 6.45) is 2.97. The van der Waals surface area contributed by atoms with Crippen molar-refractivity contribution in [2.24, 2.45) is 5.92 Å². The highest BCUT2D eigenvalue weighted by Gasteiger charge is 2.28. The van der Waals surface area contributed by atoms with Crippen LogP contribution in [0.2, 0.25) is 0 Å². The SMILES string of the molecule is CC[C@@H](O)CN(Cc1c(C)nn(-c2ccccc2)c1Oc1ccc(OC)cc1)CC1CC1. The second-order valence-corrected chi connectivity index (χ2v) is 8.59.